The Balaban J connectivity index is 0.00000205. The monoisotopic (exact) mass is 391 g/mol. The molecule has 0 bridgehead atoms. The third-order valence-electron chi connectivity index (χ3n) is 6.16. The second-order valence-electron chi connectivity index (χ2n) is 7.73. The number of nitrogens with zero attached hydrogens (tertiary/aromatic N) is 4. The van der Waals surface area contributed by atoms with Crippen LogP contribution in [-0.2, 0) is 4.74 Å². The zero-order valence-corrected chi connectivity index (χ0v) is 16.2. The number of ether oxygens (including phenoxy) is 1. The lowest BCUT2D eigenvalue weighted by atomic mass is 9.86. The fourth-order valence-electron chi connectivity index (χ4n) is 4.87. The first-order valence-electron chi connectivity index (χ1n) is 10.2. The molecule has 2 fully saturated rings. The molecule has 0 saturated carbocycles. The minimum atomic E-state index is 0. The summed E-state index contributed by atoms with van der Waals surface area (Å²) in [6.07, 6.45) is 1.93. The van der Waals surface area contributed by atoms with E-state index in [4.69, 9.17) is 9.72 Å². The average Bonchev–Trinajstić information content (AvgIpc) is 3.13. The number of piperazine rings is 1. The van der Waals surface area contributed by atoms with Gasteiger partial charge in [0.25, 0.3) is 0 Å². The first-order valence-corrected chi connectivity index (χ1v) is 10.2. The Hall–Kier alpha value is -2.62. The minimum absolute atomic E-state index is 0. The van der Waals surface area contributed by atoms with E-state index < -0.39 is 0 Å². The van der Waals surface area contributed by atoms with Gasteiger partial charge in [0, 0.05) is 39.4 Å². The third kappa shape index (κ3) is 3.15. The van der Waals surface area contributed by atoms with Gasteiger partial charge >= 0.3 is 0 Å². The quantitative estimate of drug-likeness (QED) is 0.723. The molecule has 0 radical (unpaired) electrons. The van der Waals surface area contributed by atoms with Gasteiger partial charge in [0.05, 0.1) is 16.6 Å². The van der Waals surface area contributed by atoms with Crippen LogP contribution in [0, 0.1) is 18.3 Å². The average molecular weight is 392 g/mol. The molecule has 2 saturated heterocycles. The van der Waals surface area contributed by atoms with Crippen molar-refractivity contribution >= 4 is 22.5 Å². The highest BCUT2D eigenvalue weighted by atomic mass is 16.5. The molecule has 29 heavy (non-hydrogen) atoms. The Morgan fingerprint density at radius 1 is 1.17 bits per heavy atom. The summed E-state index contributed by atoms with van der Waals surface area (Å²) in [6.45, 7) is 7.58. The number of nitriles is 1. The van der Waals surface area contributed by atoms with E-state index >= 15 is 0 Å². The number of nitrogens with one attached hydrogen (secondary N) is 1. The van der Waals surface area contributed by atoms with Gasteiger partial charge in [0.1, 0.15) is 11.9 Å². The van der Waals surface area contributed by atoms with Gasteiger partial charge < -0.3 is 15.0 Å². The number of rotatable bonds is 2. The fraction of sp³-hybridized carbons (Fsp3) is 0.478. The smallest absolute Gasteiger partial charge is 0.157 e. The Bertz CT molecular complexity index is 1070. The molecule has 0 aliphatic carbocycles. The van der Waals surface area contributed by atoms with Crippen LogP contribution in [0.25, 0.3) is 16.7 Å². The molecule has 152 valence electrons. The van der Waals surface area contributed by atoms with Gasteiger partial charge in [-0.2, -0.15) is 5.26 Å². The van der Waals surface area contributed by atoms with Gasteiger partial charge in [-0.3, -0.25) is 4.40 Å². The maximum absolute atomic E-state index is 10.1. The van der Waals surface area contributed by atoms with Crippen LogP contribution in [0.3, 0.4) is 0 Å². The van der Waals surface area contributed by atoms with Gasteiger partial charge in [-0.1, -0.05) is 19.6 Å². The number of para-hydroxylation sites is 2. The lowest BCUT2D eigenvalue weighted by molar-refractivity contribution is 0.0852. The zero-order chi connectivity index (χ0) is 19.1. The SMILES string of the molecule is C.Cc1c(C2CCOCC2)c(C#N)c2nc3ccccc3n2c1N1CCNCC1. The third-order valence-corrected chi connectivity index (χ3v) is 6.16. The predicted octanol–water partition coefficient (Wildman–Crippen LogP) is 3.61. The number of pyridine rings is 1. The number of hydrogen-bond acceptors (Lipinski definition) is 5. The lowest BCUT2D eigenvalue weighted by Gasteiger charge is -2.34. The predicted molar refractivity (Wildman–Crippen MR) is 117 cm³/mol. The highest BCUT2D eigenvalue weighted by molar-refractivity contribution is 5.86. The van der Waals surface area contributed by atoms with Crippen LogP contribution in [0.2, 0.25) is 0 Å². The van der Waals surface area contributed by atoms with Crippen LogP contribution >= 0.6 is 0 Å². The van der Waals surface area contributed by atoms with Crippen molar-refractivity contribution in [1.29, 1.82) is 5.26 Å². The van der Waals surface area contributed by atoms with E-state index in [-0.39, 0.29) is 7.43 Å². The molecular weight excluding hydrogens is 362 g/mol. The highest BCUT2D eigenvalue weighted by Gasteiger charge is 2.29. The highest BCUT2D eigenvalue weighted by Crippen LogP contribution is 2.39. The number of aromatic nitrogens is 2. The van der Waals surface area contributed by atoms with E-state index in [1.165, 1.54) is 16.9 Å². The van der Waals surface area contributed by atoms with Gasteiger partial charge in [-0.05, 0) is 48.9 Å². The maximum atomic E-state index is 10.1. The van der Waals surface area contributed by atoms with E-state index in [0.29, 0.717) is 5.92 Å². The Labute approximate surface area is 172 Å². The summed E-state index contributed by atoms with van der Waals surface area (Å²) in [6, 6.07) is 10.7. The van der Waals surface area contributed by atoms with Crippen molar-refractivity contribution in [3.05, 3.63) is 41.0 Å². The molecule has 2 aliphatic heterocycles. The Morgan fingerprint density at radius 2 is 1.90 bits per heavy atom. The summed E-state index contributed by atoms with van der Waals surface area (Å²) in [7, 11) is 0. The van der Waals surface area contributed by atoms with Crippen molar-refractivity contribution in [2.24, 2.45) is 0 Å². The van der Waals surface area contributed by atoms with Crippen molar-refractivity contribution < 1.29 is 4.74 Å². The molecule has 3 aromatic rings. The second kappa shape index (κ2) is 8.02. The number of hydrogen-bond donors (Lipinski definition) is 1. The van der Waals surface area contributed by atoms with E-state index in [2.05, 4.69) is 33.7 Å². The molecule has 0 amide bonds. The summed E-state index contributed by atoms with van der Waals surface area (Å²) < 4.78 is 7.81. The molecule has 0 unspecified atom stereocenters. The molecule has 1 aromatic carbocycles. The summed E-state index contributed by atoms with van der Waals surface area (Å²) in [5, 5.41) is 13.6. The molecule has 0 atom stereocenters. The molecular formula is C23H29N5O. The minimum Gasteiger partial charge on any atom is -0.381 e. The van der Waals surface area contributed by atoms with Crippen molar-refractivity contribution in [2.75, 3.05) is 44.3 Å². The molecule has 6 heteroatoms. The molecule has 2 aliphatic rings. The van der Waals surface area contributed by atoms with E-state index in [9.17, 15) is 5.26 Å². The molecule has 5 rings (SSSR count). The number of benzene rings is 1. The van der Waals surface area contributed by atoms with Crippen molar-refractivity contribution in [3.63, 3.8) is 0 Å². The second-order valence-corrected chi connectivity index (χ2v) is 7.73. The standard InChI is InChI=1S/C22H25N5O.CH4/c1-15-20(16-6-12-28-13-7-16)17(14-23)21-25-18-4-2-3-5-19(18)27(21)22(15)26-10-8-24-9-11-26;/h2-5,16,24H,6-13H2,1H3;1H4. The normalized spacial score (nSPS) is 18.0. The molecule has 0 spiro atoms. The van der Waals surface area contributed by atoms with Crippen molar-refractivity contribution in [1.82, 2.24) is 14.7 Å². The van der Waals surface area contributed by atoms with Crippen LogP contribution in [0.1, 0.15) is 42.9 Å². The van der Waals surface area contributed by atoms with Crippen LogP contribution in [-0.4, -0.2) is 48.8 Å². The Kier molecular flexibility index (Phi) is 5.44. The lowest BCUT2D eigenvalue weighted by Crippen LogP contribution is -2.44. The van der Waals surface area contributed by atoms with Crippen molar-refractivity contribution in [3.8, 4) is 6.07 Å². The van der Waals surface area contributed by atoms with E-state index in [1.807, 2.05) is 18.2 Å². The van der Waals surface area contributed by atoms with Crippen LogP contribution in [0.5, 0.6) is 0 Å². The first-order chi connectivity index (χ1) is 13.8. The van der Waals surface area contributed by atoms with Crippen LogP contribution in [0.4, 0.5) is 5.82 Å². The van der Waals surface area contributed by atoms with Crippen molar-refractivity contribution in [2.45, 2.75) is 33.1 Å². The number of fused-ring (bicyclic) bond motifs is 3. The van der Waals surface area contributed by atoms with Gasteiger partial charge in [-0.25, -0.2) is 4.98 Å². The van der Waals surface area contributed by atoms with Gasteiger partial charge in [0.15, 0.2) is 5.65 Å². The molecule has 4 heterocycles. The molecule has 2 aromatic heterocycles. The Morgan fingerprint density at radius 3 is 2.62 bits per heavy atom. The fourth-order valence-corrected chi connectivity index (χ4v) is 4.87. The van der Waals surface area contributed by atoms with Crippen LogP contribution < -0.4 is 10.2 Å². The summed E-state index contributed by atoms with van der Waals surface area (Å²) in [5.41, 5.74) is 5.95. The van der Waals surface area contributed by atoms with Crippen LogP contribution in [0.15, 0.2) is 24.3 Å². The van der Waals surface area contributed by atoms with E-state index in [0.717, 1.165) is 74.5 Å². The summed E-state index contributed by atoms with van der Waals surface area (Å²) in [4.78, 5) is 7.36. The summed E-state index contributed by atoms with van der Waals surface area (Å²) >= 11 is 0. The zero-order valence-electron chi connectivity index (χ0n) is 16.2. The maximum Gasteiger partial charge on any atom is 0.157 e. The van der Waals surface area contributed by atoms with E-state index in [1.54, 1.807) is 0 Å². The largest absolute Gasteiger partial charge is 0.381 e. The molecule has 1 N–H and O–H groups in total. The number of imidazole rings is 1. The summed E-state index contributed by atoms with van der Waals surface area (Å²) in [5.74, 6) is 1.56. The number of anilines is 1. The molecule has 6 nitrogen and oxygen atoms in total. The van der Waals surface area contributed by atoms with Gasteiger partial charge in [0.2, 0.25) is 0 Å². The first kappa shape index (κ1) is 19.7. The van der Waals surface area contributed by atoms with Gasteiger partial charge in [-0.15, -0.1) is 0 Å². The topological polar surface area (TPSA) is 65.6 Å².